The first-order valence-corrected chi connectivity index (χ1v) is 9.42. The van der Waals surface area contributed by atoms with Gasteiger partial charge in [0.2, 0.25) is 0 Å². The summed E-state index contributed by atoms with van der Waals surface area (Å²) in [6.45, 7) is 0.786. The third-order valence-corrected chi connectivity index (χ3v) is 5.27. The Bertz CT molecular complexity index is 997. The highest BCUT2D eigenvalue weighted by Gasteiger charge is 2.12. The number of benzene rings is 2. The van der Waals surface area contributed by atoms with Gasteiger partial charge in [-0.3, -0.25) is 4.98 Å². The predicted octanol–water partition coefficient (Wildman–Crippen LogP) is 4.78. The molecule has 4 aromatic rings. The van der Waals surface area contributed by atoms with Gasteiger partial charge in [-0.1, -0.05) is 54.2 Å². The molecule has 2 aromatic heterocycles. The maximum absolute atomic E-state index is 5.23. The molecule has 2 aromatic carbocycles. The Kier molecular flexibility index (Phi) is 4.88. The first kappa shape index (κ1) is 16.7. The van der Waals surface area contributed by atoms with Gasteiger partial charge < -0.3 is 9.30 Å². The molecular weight excluding hydrogens is 342 g/mol. The van der Waals surface area contributed by atoms with Crippen LogP contribution in [0.2, 0.25) is 0 Å². The second-order valence-electron chi connectivity index (χ2n) is 5.97. The fourth-order valence-electron chi connectivity index (χ4n) is 2.85. The SMILES string of the molecule is COc1ccc(CSc2nc3ccncc3n2Cc2ccccc2)cc1. The average molecular weight is 361 g/mol. The Morgan fingerprint density at radius 3 is 2.54 bits per heavy atom. The van der Waals surface area contributed by atoms with Crippen molar-refractivity contribution in [1.29, 1.82) is 0 Å². The van der Waals surface area contributed by atoms with Crippen LogP contribution in [0.5, 0.6) is 5.75 Å². The number of imidazole rings is 1. The molecule has 0 amide bonds. The third-order valence-electron chi connectivity index (χ3n) is 4.23. The molecule has 0 saturated heterocycles. The molecule has 2 heterocycles. The summed E-state index contributed by atoms with van der Waals surface area (Å²) in [6, 6.07) is 20.6. The fourth-order valence-corrected chi connectivity index (χ4v) is 3.82. The minimum atomic E-state index is 0.786. The van der Waals surface area contributed by atoms with Crippen molar-refractivity contribution in [3.63, 3.8) is 0 Å². The van der Waals surface area contributed by atoms with Crippen molar-refractivity contribution in [2.45, 2.75) is 17.5 Å². The number of rotatable bonds is 6. The van der Waals surface area contributed by atoms with E-state index in [1.54, 1.807) is 25.1 Å². The molecule has 0 aliphatic heterocycles. The Labute approximate surface area is 156 Å². The zero-order chi connectivity index (χ0) is 17.8. The molecule has 0 radical (unpaired) electrons. The van der Waals surface area contributed by atoms with Gasteiger partial charge >= 0.3 is 0 Å². The van der Waals surface area contributed by atoms with E-state index >= 15 is 0 Å². The second kappa shape index (κ2) is 7.62. The lowest BCUT2D eigenvalue weighted by Crippen LogP contribution is -2.01. The van der Waals surface area contributed by atoms with E-state index < -0.39 is 0 Å². The number of pyridine rings is 1. The van der Waals surface area contributed by atoms with E-state index in [4.69, 9.17) is 9.72 Å². The van der Waals surface area contributed by atoms with E-state index in [2.05, 4.69) is 45.9 Å². The molecule has 5 heteroatoms. The van der Waals surface area contributed by atoms with Crippen molar-refractivity contribution in [2.75, 3.05) is 7.11 Å². The quantitative estimate of drug-likeness (QED) is 0.463. The monoisotopic (exact) mass is 361 g/mol. The van der Waals surface area contributed by atoms with Gasteiger partial charge in [-0.15, -0.1) is 0 Å². The number of hydrogen-bond acceptors (Lipinski definition) is 4. The zero-order valence-corrected chi connectivity index (χ0v) is 15.3. The van der Waals surface area contributed by atoms with Crippen LogP contribution in [-0.2, 0) is 12.3 Å². The van der Waals surface area contributed by atoms with Crippen LogP contribution < -0.4 is 4.74 Å². The predicted molar refractivity (Wildman–Crippen MR) is 106 cm³/mol. The van der Waals surface area contributed by atoms with Crippen molar-refractivity contribution in [1.82, 2.24) is 14.5 Å². The maximum Gasteiger partial charge on any atom is 0.169 e. The molecule has 0 N–H and O–H groups in total. The lowest BCUT2D eigenvalue weighted by molar-refractivity contribution is 0.414. The average Bonchev–Trinajstić information content (AvgIpc) is 3.05. The van der Waals surface area contributed by atoms with Crippen LogP contribution in [-0.4, -0.2) is 21.6 Å². The van der Waals surface area contributed by atoms with Crippen molar-refractivity contribution >= 4 is 22.8 Å². The number of nitrogens with zero attached hydrogens (tertiary/aromatic N) is 3. The molecule has 0 saturated carbocycles. The number of hydrogen-bond donors (Lipinski definition) is 0. The van der Waals surface area contributed by atoms with Crippen LogP contribution in [0.25, 0.3) is 11.0 Å². The summed E-state index contributed by atoms with van der Waals surface area (Å²) in [5, 5.41) is 1.01. The highest BCUT2D eigenvalue weighted by atomic mass is 32.2. The van der Waals surface area contributed by atoms with E-state index in [1.807, 2.05) is 30.5 Å². The molecule has 0 spiro atoms. The molecule has 4 nitrogen and oxygen atoms in total. The van der Waals surface area contributed by atoms with E-state index in [9.17, 15) is 0 Å². The summed E-state index contributed by atoms with van der Waals surface area (Å²) in [7, 11) is 1.68. The number of thioether (sulfide) groups is 1. The van der Waals surface area contributed by atoms with Crippen LogP contribution in [0.3, 0.4) is 0 Å². The van der Waals surface area contributed by atoms with Gasteiger partial charge in [0.15, 0.2) is 5.16 Å². The van der Waals surface area contributed by atoms with Gasteiger partial charge in [0.25, 0.3) is 0 Å². The van der Waals surface area contributed by atoms with Gasteiger partial charge in [-0.25, -0.2) is 4.98 Å². The lowest BCUT2D eigenvalue weighted by Gasteiger charge is -2.09. The van der Waals surface area contributed by atoms with Crippen LogP contribution in [0, 0.1) is 0 Å². The molecule has 0 aliphatic rings. The standard InChI is InChI=1S/C21H19N3OS/c1-25-18-9-7-17(8-10-18)15-26-21-23-19-11-12-22-13-20(19)24(21)14-16-5-3-2-4-6-16/h2-13H,14-15H2,1H3. The van der Waals surface area contributed by atoms with Gasteiger partial charge in [0.1, 0.15) is 5.75 Å². The molecule has 130 valence electrons. The van der Waals surface area contributed by atoms with Gasteiger partial charge in [-0.2, -0.15) is 0 Å². The number of ether oxygens (including phenoxy) is 1. The normalized spacial score (nSPS) is 11.0. The highest BCUT2D eigenvalue weighted by Crippen LogP contribution is 2.28. The number of methoxy groups -OCH3 is 1. The first-order chi connectivity index (χ1) is 12.8. The van der Waals surface area contributed by atoms with Crippen LogP contribution in [0.1, 0.15) is 11.1 Å². The van der Waals surface area contributed by atoms with E-state index in [1.165, 1.54) is 11.1 Å². The Morgan fingerprint density at radius 2 is 1.77 bits per heavy atom. The molecule has 0 unspecified atom stereocenters. The molecule has 26 heavy (non-hydrogen) atoms. The largest absolute Gasteiger partial charge is 0.497 e. The van der Waals surface area contributed by atoms with Crippen molar-refractivity contribution in [3.8, 4) is 5.75 Å². The van der Waals surface area contributed by atoms with Crippen LogP contribution in [0.15, 0.2) is 78.2 Å². The minimum absolute atomic E-state index is 0.786. The summed E-state index contributed by atoms with van der Waals surface area (Å²) >= 11 is 1.74. The first-order valence-electron chi connectivity index (χ1n) is 8.43. The Balaban J connectivity index is 1.61. The van der Waals surface area contributed by atoms with Crippen molar-refractivity contribution in [2.24, 2.45) is 0 Å². The van der Waals surface area contributed by atoms with Crippen LogP contribution >= 0.6 is 11.8 Å². The topological polar surface area (TPSA) is 39.9 Å². The van der Waals surface area contributed by atoms with Gasteiger partial charge in [0.05, 0.1) is 30.9 Å². The summed E-state index contributed by atoms with van der Waals surface area (Å²) in [6.07, 6.45) is 3.68. The molecule has 0 atom stereocenters. The molecule has 0 fully saturated rings. The van der Waals surface area contributed by atoms with E-state index in [-0.39, 0.29) is 0 Å². The molecule has 4 rings (SSSR count). The Hall–Kier alpha value is -2.79. The van der Waals surface area contributed by atoms with Gasteiger partial charge in [-0.05, 0) is 29.3 Å². The maximum atomic E-state index is 5.23. The fraction of sp³-hybridized carbons (Fsp3) is 0.143. The number of fused-ring (bicyclic) bond motifs is 1. The van der Waals surface area contributed by atoms with Crippen LogP contribution in [0.4, 0.5) is 0 Å². The summed E-state index contributed by atoms with van der Waals surface area (Å²) in [4.78, 5) is 9.10. The Morgan fingerprint density at radius 1 is 0.962 bits per heavy atom. The number of aromatic nitrogens is 3. The molecule has 0 bridgehead atoms. The van der Waals surface area contributed by atoms with Gasteiger partial charge in [0, 0.05) is 11.9 Å². The minimum Gasteiger partial charge on any atom is -0.497 e. The summed E-state index contributed by atoms with van der Waals surface area (Å²) in [5.74, 6) is 1.73. The van der Waals surface area contributed by atoms with Crippen molar-refractivity contribution in [3.05, 3.63) is 84.2 Å². The highest BCUT2D eigenvalue weighted by molar-refractivity contribution is 7.98. The molecular formula is C21H19N3OS. The summed E-state index contributed by atoms with van der Waals surface area (Å²) in [5.41, 5.74) is 4.54. The molecule has 0 aliphatic carbocycles. The van der Waals surface area contributed by atoms with Crippen molar-refractivity contribution < 1.29 is 4.74 Å². The van der Waals surface area contributed by atoms with E-state index in [0.717, 1.165) is 34.2 Å². The van der Waals surface area contributed by atoms with E-state index in [0.29, 0.717) is 0 Å². The third kappa shape index (κ3) is 3.58. The second-order valence-corrected chi connectivity index (χ2v) is 6.91. The smallest absolute Gasteiger partial charge is 0.169 e. The lowest BCUT2D eigenvalue weighted by atomic mass is 10.2. The summed E-state index contributed by atoms with van der Waals surface area (Å²) < 4.78 is 7.47. The zero-order valence-electron chi connectivity index (χ0n) is 14.5.